The van der Waals surface area contributed by atoms with Crippen molar-refractivity contribution in [2.45, 2.75) is 18.6 Å². The summed E-state index contributed by atoms with van der Waals surface area (Å²) in [5.41, 5.74) is -1.53. The predicted octanol–water partition coefficient (Wildman–Crippen LogP) is 2.32. The van der Waals surface area contributed by atoms with E-state index < -0.39 is 18.2 Å². The number of benzene rings is 1. The lowest BCUT2D eigenvalue weighted by Gasteiger charge is -2.18. The van der Waals surface area contributed by atoms with Gasteiger partial charge in [0, 0.05) is 29.7 Å². The molecule has 2 aromatic rings. The average Bonchev–Trinajstić information content (AvgIpc) is 3.04. The number of carbonyl (C=O) groups is 2. The Kier molecular flexibility index (Phi) is 3.56. The third kappa shape index (κ3) is 2.54. The lowest BCUT2D eigenvalue weighted by atomic mass is 10.1. The van der Waals surface area contributed by atoms with Gasteiger partial charge in [-0.1, -0.05) is 17.7 Å². The highest BCUT2D eigenvalue weighted by Gasteiger charge is 2.46. The first-order valence-electron chi connectivity index (χ1n) is 6.83. The van der Waals surface area contributed by atoms with Crippen molar-refractivity contribution in [2.24, 2.45) is 0 Å². The topological polar surface area (TPSA) is 62.5 Å². The number of alkyl halides is 1. The van der Waals surface area contributed by atoms with E-state index in [1.807, 2.05) is 12.1 Å². The van der Waals surface area contributed by atoms with Crippen LogP contribution in [0.25, 0.3) is 10.9 Å². The van der Waals surface area contributed by atoms with Gasteiger partial charge in [0.25, 0.3) is 0 Å². The third-order valence-corrected chi connectivity index (χ3v) is 4.23. The minimum Gasteiger partial charge on any atom is -0.479 e. The van der Waals surface area contributed by atoms with E-state index in [9.17, 15) is 14.0 Å². The molecule has 7 heteroatoms. The average molecular weight is 325 g/mol. The highest BCUT2D eigenvalue weighted by Crippen LogP contribution is 2.27. The van der Waals surface area contributed by atoms with Crippen molar-refractivity contribution >= 4 is 34.4 Å². The summed E-state index contributed by atoms with van der Waals surface area (Å²) in [5, 5.41) is 10.4. The molecule has 1 atom stereocenters. The minimum absolute atomic E-state index is 0.0273. The lowest BCUT2D eigenvalue weighted by molar-refractivity contribution is -0.150. The Labute approximate surface area is 130 Å². The summed E-state index contributed by atoms with van der Waals surface area (Å²) in [6.45, 7) is -0.262. The summed E-state index contributed by atoms with van der Waals surface area (Å²) in [4.78, 5) is 24.4. The number of nitrogens with zero attached hydrogens (tertiary/aromatic N) is 2. The van der Waals surface area contributed by atoms with Crippen LogP contribution in [0.3, 0.4) is 0 Å². The van der Waals surface area contributed by atoms with Crippen LogP contribution in [0.2, 0.25) is 5.02 Å². The maximum atomic E-state index is 14.0. The van der Waals surface area contributed by atoms with Crippen LogP contribution in [0.5, 0.6) is 0 Å². The van der Waals surface area contributed by atoms with Crippen LogP contribution in [-0.2, 0) is 16.1 Å². The number of aromatic nitrogens is 1. The van der Waals surface area contributed by atoms with E-state index in [2.05, 4.69) is 0 Å². The molecule has 1 N–H and O–H groups in total. The quantitative estimate of drug-likeness (QED) is 0.942. The maximum absolute atomic E-state index is 14.0. The smallest absolute Gasteiger partial charge is 0.343 e. The number of rotatable bonds is 3. The van der Waals surface area contributed by atoms with Crippen LogP contribution in [0, 0.1) is 0 Å². The molecule has 1 aliphatic rings. The molecule has 1 aromatic carbocycles. The van der Waals surface area contributed by atoms with E-state index in [4.69, 9.17) is 16.7 Å². The van der Waals surface area contributed by atoms with Crippen LogP contribution in [0.15, 0.2) is 30.5 Å². The van der Waals surface area contributed by atoms with E-state index in [1.165, 1.54) is 4.90 Å². The van der Waals surface area contributed by atoms with Gasteiger partial charge in [-0.2, -0.15) is 0 Å². The van der Waals surface area contributed by atoms with Gasteiger partial charge in [-0.25, -0.2) is 9.18 Å². The SMILES string of the molecule is O=C(Cn1ccc2ccc(Cl)cc21)N1CCC(F)(C(=O)O)C1. The normalized spacial score (nSPS) is 21.5. The molecule has 1 saturated heterocycles. The van der Waals surface area contributed by atoms with Gasteiger partial charge in [-0.15, -0.1) is 0 Å². The van der Waals surface area contributed by atoms with Gasteiger partial charge in [-0.3, -0.25) is 4.79 Å². The first-order valence-corrected chi connectivity index (χ1v) is 7.21. The number of fused-ring (bicyclic) bond motifs is 1. The van der Waals surface area contributed by atoms with Gasteiger partial charge in [0.2, 0.25) is 11.6 Å². The van der Waals surface area contributed by atoms with Crippen LogP contribution in [0.1, 0.15) is 6.42 Å². The van der Waals surface area contributed by atoms with Gasteiger partial charge in [-0.05, 0) is 23.6 Å². The third-order valence-electron chi connectivity index (χ3n) is 4.00. The van der Waals surface area contributed by atoms with Crippen molar-refractivity contribution in [1.29, 1.82) is 0 Å². The zero-order chi connectivity index (χ0) is 15.9. The molecule has 1 aliphatic heterocycles. The number of hydrogen-bond acceptors (Lipinski definition) is 2. The van der Waals surface area contributed by atoms with Crippen LogP contribution in [-0.4, -0.2) is 45.2 Å². The van der Waals surface area contributed by atoms with Crippen molar-refractivity contribution in [1.82, 2.24) is 9.47 Å². The van der Waals surface area contributed by atoms with Gasteiger partial charge >= 0.3 is 5.97 Å². The van der Waals surface area contributed by atoms with Crippen molar-refractivity contribution < 1.29 is 19.1 Å². The summed E-state index contributed by atoms with van der Waals surface area (Å²) in [7, 11) is 0. The molecule has 1 unspecified atom stereocenters. The second-order valence-electron chi connectivity index (χ2n) is 5.48. The first kappa shape index (κ1) is 14.8. The summed E-state index contributed by atoms with van der Waals surface area (Å²) >= 11 is 5.96. The fourth-order valence-corrected chi connectivity index (χ4v) is 2.87. The fraction of sp³-hybridized carbons (Fsp3) is 0.333. The second kappa shape index (κ2) is 5.28. The van der Waals surface area contributed by atoms with Crippen molar-refractivity contribution in [2.75, 3.05) is 13.1 Å². The Hall–Kier alpha value is -2.08. The molecule has 2 heterocycles. The largest absolute Gasteiger partial charge is 0.479 e. The molecule has 116 valence electrons. The van der Waals surface area contributed by atoms with Crippen molar-refractivity contribution in [3.05, 3.63) is 35.5 Å². The Morgan fingerprint density at radius 1 is 1.36 bits per heavy atom. The van der Waals surface area contributed by atoms with Crippen LogP contribution in [0.4, 0.5) is 4.39 Å². The minimum atomic E-state index is -2.34. The number of aliphatic carboxylic acids is 1. The molecule has 22 heavy (non-hydrogen) atoms. The lowest BCUT2D eigenvalue weighted by Crippen LogP contribution is -2.39. The van der Waals surface area contributed by atoms with E-state index in [0.29, 0.717) is 5.02 Å². The van der Waals surface area contributed by atoms with Gasteiger partial charge < -0.3 is 14.6 Å². The summed E-state index contributed by atoms with van der Waals surface area (Å²) in [6, 6.07) is 7.23. The Balaban J connectivity index is 1.77. The highest BCUT2D eigenvalue weighted by atomic mass is 35.5. The fourth-order valence-electron chi connectivity index (χ4n) is 2.70. The molecule has 5 nitrogen and oxygen atoms in total. The molecule has 0 bridgehead atoms. The number of hydrogen-bond donors (Lipinski definition) is 1. The summed E-state index contributed by atoms with van der Waals surface area (Å²) in [6.07, 6.45) is 1.58. The monoisotopic (exact) mass is 324 g/mol. The zero-order valence-corrected chi connectivity index (χ0v) is 12.4. The van der Waals surface area contributed by atoms with Gasteiger partial charge in [0.1, 0.15) is 6.54 Å². The van der Waals surface area contributed by atoms with Gasteiger partial charge in [0.05, 0.1) is 6.54 Å². The number of carboxylic acids is 1. The molecular weight excluding hydrogens is 311 g/mol. The summed E-state index contributed by atoms with van der Waals surface area (Å²) < 4.78 is 15.7. The number of likely N-dealkylation sites (tertiary alicyclic amines) is 1. The van der Waals surface area contributed by atoms with Crippen LogP contribution < -0.4 is 0 Å². The zero-order valence-electron chi connectivity index (χ0n) is 11.6. The van der Waals surface area contributed by atoms with Crippen molar-refractivity contribution in [3.63, 3.8) is 0 Å². The Morgan fingerprint density at radius 2 is 2.14 bits per heavy atom. The standard InChI is InChI=1S/C15H14ClFN2O3/c16-11-2-1-10-3-5-18(12(10)7-11)8-13(20)19-6-4-15(17,9-19)14(21)22/h1-3,5,7H,4,6,8-9H2,(H,21,22). The first-order chi connectivity index (χ1) is 10.4. The second-order valence-corrected chi connectivity index (χ2v) is 5.92. The molecule has 1 aromatic heterocycles. The summed E-state index contributed by atoms with van der Waals surface area (Å²) in [5.74, 6) is -1.82. The van der Waals surface area contributed by atoms with E-state index in [0.717, 1.165) is 10.9 Å². The molecule has 1 amide bonds. The van der Waals surface area contributed by atoms with Crippen LogP contribution >= 0.6 is 11.6 Å². The Morgan fingerprint density at radius 3 is 2.82 bits per heavy atom. The molecule has 0 aliphatic carbocycles. The molecular formula is C15H14ClFN2O3. The van der Waals surface area contributed by atoms with Gasteiger partial charge in [0.15, 0.2) is 0 Å². The number of halogens is 2. The predicted molar refractivity (Wildman–Crippen MR) is 79.6 cm³/mol. The molecule has 1 fully saturated rings. The highest BCUT2D eigenvalue weighted by molar-refractivity contribution is 6.31. The molecule has 3 rings (SSSR count). The van der Waals surface area contributed by atoms with E-state index in [1.54, 1.807) is 22.9 Å². The molecule has 0 saturated carbocycles. The number of carbonyl (C=O) groups excluding carboxylic acids is 1. The molecule has 0 radical (unpaired) electrons. The van der Waals surface area contributed by atoms with E-state index >= 15 is 0 Å². The number of amides is 1. The maximum Gasteiger partial charge on any atom is 0.343 e. The Bertz CT molecular complexity index is 760. The molecule has 0 spiro atoms. The van der Waals surface area contributed by atoms with Crippen molar-refractivity contribution in [3.8, 4) is 0 Å². The van der Waals surface area contributed by atoms with E-state index in [-0.39, 0.29) is 25.4 Å². The number of carboxylic acid groups (broad SMARTS) is 1.